The van der Waals surface area contributed by atoms with Gasteiger partial charge in [0.05, 0.1) is 6.04 Å². The smallest absolute Gasteiger partial charge is 0.106 e. The maximum atomic E-state index is 4.57. The van der Waals surface area contributed by atoms with Crippen molar-refractivity contribution in [2.24, 2.45) is 11.8 Å². The molecule has 0 amide bonds. The zero-order valence-electron chi connectivity index (χ0n) is 15.5. The summed E-state index contributed by atoms with van der Waals surface area (Å²) >= 11 is 3.51. The zero-order valence-corrected chi connectivity index (χ0v) is 17.1. The molecule has 2 aromatic heterocycles. The molecular weight excluding hydrogens is 398 g/mol. The maximum absolute atomic E-state index is 4.57. The summed E-state index contributed by atoms with van der Waals surface area (Å²) < 4.78 is 0.904. The SMILES string of the molecule is C[C@@H]1Cc2c([nH]c3ccccc23)[C@@H](c2ccc(Br)nc2)N1C1CC2CC1C2. The van der Waals surface area contributed by atoms with Crippen LogP contribution < -0.4 is 0 Å². The molecular formula is C23H24BrN3. The van der Waals surface area contributed by atoms with Crippen LogP contribution in [-0.2, 0) is 6.42 Å². The molecule has 1 unspecified atom stereocenters. The highest BCUT2D eigenvalue weighted by molar-refractivity contribution is 9.10. The van der Waals surface area contributed by atoms with Crippen molar-refractivity contribution in [2.45, 2.75) is 50.7 Å². The van der Waals surface area contributed by atoms with E-state index < -0.39 is 0 Å². The van der Waals surface area contributed by atoms with Crippen LogP contribution in [0.5, 0.6) is 0 Å². The topological polar surface area (TPSA) is 31.9 Å². The second kappa shape index (κ2) is 5.92. The van der Waals surface area contributed by atoms with E-state index in [9.17, 15) is 0 Å². The predicted molar refractivity (Wildman–Crippen MR) is 112 cm³/mol. The first-order valence-corrected chi connectivity index (χ1v) is 11.0. The van der Waals surface area contributed by atoms with E-state index >= 15 is 0 Å². The first-order valence-electron chi connectivity index (χ1n) is 10.2. The summed E-state index contributed by atoms with van der Waals surface area (Å²) in [7, 11) is 0. The number of hydrogen-bond donors (Lipinski definition) is 1. The first kappa shape index (κ1) is 16.3. The lowest BCUT2D eigenvalue weighted by atomic mass is 9.82. The molecule has 2 bridgehead atoms. The number of fused-ring (bicyclic) bond motifs is 4. The summed E-state index contributed by atoms with van der Waals surface area (Å²) in [6, 6.07) is 14.7. The molecule has 3 aliphatic carbocycles. The minimum atomic E-state index is 0.279. The minimum Gasteiger partial charge on any atom is -0.357 e. The molecule has 27 heavy (non-hydrogen) atoms. The standard InChI is InChI=1S/C23H24BrN3/c1-13-8-18-17-4-2-3-5-19(17)26-22(18)23(15-6-7-21(24)25-12-15)27(13)20-11-14-9-16(20)10-14/h2-7,12-14,16,20,23,26H,8-11H2,1H3/t13-,14?,16?,20?,23-/m1/s1. The summed E-state index contributed by atoms with van der Waals surface area (Å²) in [6.07, 6.45) is 7.46. The third-order valence-corrected chi connectivity index (χ3v) is 7.74. The van der Waals surface area contributed by atoms with Crippen molar-refractivity contribution in [3.05, 3.63) is 64.0 Å². The Hall–Kier alpha value is -1.65. The van der Waals surface area contributed by atoms with Crippen molar-refractivity contribution in [3.63, 3.8) is 0 Å². The van der Waals surface area contributed by atoms with Crippen molar-refractivity contribution in [2.75, 3.05) is 0 Å². The number of rotatable bonds is 2. The number of hydrogen-bond acceptors (Lipinski definition) is 2. The van der Waals surface area contributed by atoms with Crippen molar-refractivity contribution in [3.8, 4) is 0 Å². The molecule has 3 saturated carbocycles. The van der Waals surface area contributed by atoms with Gasteiger partial charge in [0.25, 0.3) is 0 Å². The van der Waals surface area contributed by atoms with Crippen LogP contribution in [0.4, 0.5) is 0 Å². The van der Waals surface area contributed by atoms with Crippen molar-refractivity contribution in [1.82, 2.24) is 14.9 Å². The maximum Gasteiger partial charge on any atom is 0.106 e. The highest BCUT2D eigenvalue weighted by Gasteiger charge is 2.51. The van der Waals surface area contributed by atoms with E-state index in [1.807, 2.05) is 0 Å². The number of benzene rings is 1. The molecule has 3 heterocycles. The van der Waals surface area contributed by atoms with Crippen molar-refractivity contribution >= 4 is 26.8 Å². The van der Waals surface area contributed by atoms with E-state index in [-0.39, 0.29) is 6.04 Å². The molecule has 0 spiro atoms. The van der Waals surface area contributed by atoms with Gasteiger partial charge >= 0.3 is 0 Å². The molecule has 3 nitrogen and oxygen atoms in total. The van der Waals surface area contributed by atoms with Crippen LogP contribution in [0.2, 0.25) is 0 Å². The Bertz CT molecular complexity index is 1000. The molecule has 0 radical (unpaired) electrons. The Balaban J connectivity index is 1.54. The van der Waals surface area contributed by atoms with Gasteiger partial charge in [-0.1, -0.05) is 24.3 Å². The Morgan fingerprint density at radius 2 is 1.96 bits per heavy atom. The number of nitrogens with zero attached hydrogens (tertiary/aromatic N) is 2. The van der Waals surface area contributed by atoms with E-state index in [1.165, 1.54) is 47.0 Å². The Labute approximate surface area is 168 Å². The third-order valence-electron chi connectivity index (χ3n) is 7.27. The number of aromatic nitrogens is 2. The molecule has 4 heteroatoms. The average molecular weight is 422 g/mol. The number of para-hydroxylation sites is 1. The van der Waals surface area contributed by atoms with Crippen LogP contribution in [0, 0.1) is 11.8 Å². The highest BCUT2D eigenvalue weighted by atomic mass is 79.9. The van der Waals surface area contributed by atoms with Crippen LogP contribution in [0.3, 0.4) is 0 Å². The quantitative estimate of drug-likeness (QED) is 0.557. The van der Waals surface area contributed by atoms with Gasteiger partial charge in [-0.3, -0.25) is 4.90 Å². The zero-order chi connectivity index (χ0) is 18.1. The Morgan fingerprint density at radius 3 is 2.70 bits per heavy atom. The molecule has 138 valence electrons. The van der Waals surface area contributed by atoms with Crippen LogP contribution in [0.15, 0.2) is 47.2 Å². The van der Waals surface area contributed by atoms with Gasteiger partial charge in [-0.15, -0.1) is 0 Å². The molecule has 7 rings (SSSR count). The average Bonchev–Trinajstić information content (AvgIpc) is 3.33. The monoisotopic (exact) mass is 421 g/mol. The highest BCUT2D eigenvalue weighted by Crippen LogP contribution is 2.54. The van der Waals surface area contributed by atoms with E-state index in [0.717, 1.165) is 28.9 Å². The second-order valence-electron chi connectivity index (χ2n) is 8.78. The van der Waals surface area contributed by atoms with Crippen LogP contribution >= 0.6 is 15.9 Å². The minimum absolute atomic E-state index is 0.279. The molecule has 3 fully saturated rings. The fourth-order valence-electron chi connectivity index (χ4n) is 6.08. The van der Waals surface area contributed by atoms with Gasteiger partial charge in [-0.05, 0) is 83.6 Å². The molecule has 1 aliphatic heterocycles. The van der Waals surface area contributed by atoms with Gasteiger partial charge in [0.1, 0.15) is 4.60 Å². The second-order valence-corrected chi connectivity index (χ2v) is 9.59. The van der Waals surface area contributed by atoms with Crippen LogP contribution in [-0.4, -0.2) is 27.0 Å². The largest absolute Gasteiger partial charge is 0.357 e. The molecule has 4 aliphatic rings. The summed E-state index contributed by atoms with van der Waals surface area (Å²) in [5.74, 6) is 1.87. The van der Waals surface area contributed by atoms with E-state index in [4.69, 9.17) is 0 Å². The molecule has 3 aromatic rings. The van der Waals surface area contributed by atoms with Crippen LogP contribution in [0.25, 0.3) is 10.9 Å². The fourth-order valence-corrected chi connectivity index (χ4v) is 6.31. The normalized spacial score (nSPS) is 32.4. The predicted octanol–water partition coefficient (Wildman–Crippen LogP) is 5.46. The number of pyridine rings is 1. The number of nitrogens with one attached hydrogen (secondary N) is 1. The molecule has 3 atom stereocenters. The number of aromatic amines is 1. The summed E-state index contributed by atoms with van der Waals surface area (Å²) in [6.45, 7) is 2.43. The lowest BCUT2D eigenvalue weighted by Crippen LogP contribution is -2.49. The van der Waals surface area contributed by atoms with Gasteiger partial charge < -0.3 is 4.98 Å². The summed E-state index contributed by atoms with van der Waals surface area (Å²) in [5, 5.41) is 1.39. The van der Waals surface area contributed by atoms with Gasteiger partial charge in [0.15, 0.2) is 0 Å². The lowest BCUT2D eigenvalue weighted by Gasteiger charge is -2.46. The lowest BCUT2D eigenvalue weighted by molar-refractivity contribution is 0.0711. The third kappa shape index (κ3) is 2.39. The fraction of sp³-hybridized carbons (Fsp3) is 0.435. The van der Waals surface area contributed by atoms with Gasteiger partial charge in [-0.2, -0.15) is 0 Å². The van der Waals surface area contributed by atoms with E-state index in [0.29, 0.717) is 6.04 Å². The number of halogens is 1. The van der Waals surface area contributed by atoms with Crippen molar-refractivity contribution < 1.29 is 0 Å². The molecule has 1 aromatic carbocycles. The summed E-state index contributed by atoms with van der Waals surface area (Å²) in [5.41, 5.74) is 5.47. The van der Waals surface area contributed by atoms with Crippen LogP contribution in [0.1, 0.15) is 49.0 Å². The Morgan fingerprint density at radius 1 is 1.11 bits per heavy atom. The molecule has 0 saturated heterocycles. The van der Waals surface area contributed by atoms with Crippen molar-refractivity contribution in [1.29, 1.82) is 0 Å². The molecule has 1 N–H and O–H groups in total. The summed E-state index contributed by atoms with van der Waals surface area (Å²) in [4.78, 5) is 11.2. The number of H-pyrrole nitrogens is 1. The van der Waals surface area contributed by atoms with Gasteiger partial charge in [0, 0.05) is 34.9 Å². The van der Waals surface area contributed by atoms with Gasteiger partial charge in [0.2, 0.25) is 0 Å². The first-order chi connectivity index (χ1) is 13.2. The van der Waals surface area contributed by atoms with E-state index in [2.05, 4.69) is 80.3 Å². The Kier molecular flexibility index (Phi) is 3.58. The van der Waals surface area contributed by atoms with E-state index in [1.54, 1.807) is 0 Å². The van der Waals surface area contributed by atoms with Gasteiger partial charge in [-0.25, -0.2) is 4.98 Å².